The zero-order valence-corrected chi connectivity index (χ0v) is 27.1. The van der Waals surface area contributed by atoms with Gasteiger partial charge < -0.3 is 0 Å². The van der Waals surface area contributed by atoms with Crippen LogP contribution in [-0.2, 0) is 0 Å². The Morgan fingerprint density at radius 1 is 0.360 bits per heavy atom. The lowest BCUT2D eigenvalue weighted by atomic mass is 9.89. The van der Waals surface area contributed by atoms with Gasteiger partial charge in [0.15, 0.2) is 5.82 Å². The minimum Gasteiger partial charge on any atom is -0.228 e. The third-order valence-corrected chi connectivity index (χ3v) is 9.48. The smallest absolute Gasteiger partial charge is 0.160 e. The molecule has 0 saturated heterocycles. The van der Waals surface area contributed by atoms with Gasteiger partial charge >= 0.3 is 0 Å². The van der Waals surface area contributed by atoms with Crippen molar-refractivity contribution in [1.29, 1.82) is 5.26 Å². The van der Waals surface area contributed by atoms with Crippen molar-refractivity contribution in [3.8, 4) is 62.2 Å². The van der Waals surface area contributed by atoms with Gasteiger partial charge in [0, 0.05) is 16.7 Å². The molecule has 0 atom stereocenters. The number of nitriles is 1. The van der Waals surface area contributed by atoms with E-state index in [9.17, 15) is 5.26 Å². The van der Waals surface area contributed by atoms with Gasteiger partial charge in [-0.15, -0.1) is 0 Å². The average molecular weight is 636 g/mol. The molecule has 3 heteroatoms. The van der Waals surface area contributed by atoms with Crippen LogP contribution >= 0.6 is 0 Å². The third-order valence-electron chi connectivity index (χ3n) is 9.48. The van der Waals surface area contributed by atoms with Crippen molar-refractivity contribution in [1.82, 2.24) is 9.97 Å². The lowest BCUT2D eigenvalue weighted by Gasteiger charge is -2.15. The van der Waals surface area contributed by atoms with E-state index < -0.39 is 0 Å². The number of nitrogens with zero attached hydrogens (tertiary/aromatic N) is 3. The van der Waals surface area contributed by atoms with Crippen LogP contribution in [0.3, 0.4) is 0 Å². The topological polar surface area (TPSA) is 49.6 Å². The van der Waals surface area contributed by atoms with E-state index in [1.807, 2.05) is 42.5 Å². The highest BCUT2D eigenvalue weighted by Gasteiger charge is 2.16. The van der Waals surface area contributed by atoms with Gasteiger partial charge in [-0.2, -0.15) is 5.26 Å². The van der Waals surface area contributed by atoms with Crippen molar-refractivity contribution in [2.45, 2.75) is 0 Å². The largest absolute Gasteiger partial charge is 0.228 e. The zero-order chi connectivity index (χ0) is 33.4. The molecule has 9 aromatic rings. The summed E-state index contributed by atoms with van der Waals surface area (Å²) in [4.78, 5) is 10.4. The maximum atomic E-state index is 9.28. The van der Waals surface area contributed by atoms with Crippen molar-refractivity contribution in [3.63, 3.8) is 0 Å². The van der Waals surface area contributed by atoms with Gasteiger partial charge in [0.2, 0.25) is 0 Å². The van der Waals surface area contributed by atoms with Crippen molar-refractivity contribution < 1.29 is 0 Å². The van der Waals surface area contributed by atoms with Gasteiger partial charge in [0.1, 0.15) is 0 Å². The molecule has 0 N–H and O–H groups in total. The summed E-state index contributed by atoms with van der Waals surface area (Å²) in [6.45, 7) is 0. The van der Waals surface area contributed by atoms with Crippen LogP contribution in [0.5, 0.6) is 0 Å². The molecule has 0 amide bonds. The van der Waals surface area contributed by atoms with Crippen molar-refractivity contribution in [2.24, 2.45) is 0 Å². The zero-order valence-electron chi connectivity index (χ0n) is 27.1. The molecule has 0 unspecified atom stereocenters. The minimum atomic E-state index is 0.643. The van der Waals surface area contributed by atoms with Crippen LogP contribution in [0.2, 0.25) is 0 Å². The molecule has 50 heavy (non-hydrogen) atoms. The summed E-state index contributed by atoms with van der Waals surface area (Å²) in [6, 6.07) is 63.4. The lowest BCUT2D eigenvalue weighted by Crippen LogP contribution is -1.96. The number of hydrogen-bond acceptors (Lipinski definition) is 3. The van der Waals surface area contributed by atoms with Crippen LogP contribution in [0.4, 0.5) is 0 Å². The molecule has 0 aliphatic carbocycles. The Morgan fingerprint density at radius 2 is 0.980 bits per heavy atom. The first-order chi connectivity index (χ1) is 24.7. The minimum absolute atomic E-state index is 0.643. The van der Waals surface area contributed by atoms with Crippen molar-refractivity contribution in [3.05, 3.63) is 181 Å². The Labute approximate surface area is 290 Å². The monoisotopic (exact) mass is 635 g/mol. The highest BCUT2D eigenvalue weighted by Crippen LogP contribution is 2.40. The number of fused-ring (bicyclic) bond motifs is 4. The van der Waals surface area contributed by atoms with E-state index in [4.69, 9.17) is 9.97 Å². The molecule has 232 valence electrons. The van der Waals surface area contributed by atoms with E-state index in [1.165, 1.54) is 37.9 Å². The summed E-state index contributed by atoms with van der Waals surface area (Å²) in [7, 11) is 0. The first-order valence-electron chi connectivity index (χ1n) is 16.7. The summed E-state index contributed by atoms with van der Waals surface area (Å²) in [5.74, 6) is 0.668. The second-order valence-corrected chi connectivity index (χ2v) is 12.5. The van der Waals surface area contributed by atoms with E-state index in [1.54, 1.807) is 0 Å². The Kier molecular flexibility index (Phi) is 7.19. The Morgan fingerprint density at radius 3 is 1.78 bits per heavy atom. The van der Waals surface area contributed by atoms with Gasteiger partial charge in [-0.05, 0) is 91.0 Å². The van der Waals surface area contributed by atoms with Crippen molar-refractivity contribution >= 4 is 32.3 Å². The van der Waals surface area contributed by atoms with Crippen LogP contribution in [0.25, 0.3) is 88.5 Å². The van der Waals surface area contributed by atoms with Gasteiger partial charge in [-0.3, -0.25) is 0 Å². The average Bonchev–Trinajstić information content (AvgIpc) is 3.20. The fourth-order valence-corrected chi connectivity index (χ4v) is 7.02. The molecule has 0 bridgehead atoms. The predicted octanol–water partition coefficient (Wildman–Crippen LogP) is 12.1. The number of benzene rings is 8. The van der Waals surface area contributed by atoms with Gasteiger partial charge in [-0.25, -0.2) is 9.97 Å². The van der Waals surface area contributed by atoms with Crippen LogP contribution in [0.1, 0.15) is 5.56 Å². The summed E-state index contributed by atoms with van der Waals surface area (Å²) < 4.78 is 0. The Bertz CT molecular complexity index is 2760. The summed E-state index contributed by atoms with van der Waals surface area (Å²) in [6.07, 6.45) is 0. The molecule has 3 nitrogen and oxygen atoms in total. The molecule has 0 saturated carbocycles. The van der Waals surface area contributed by atoms with E-state index in [2.05, 4.69) is 140 Å². The second-order valence-electron chi connectivity index (χ2n) is 12.5. The first kappa shape index (κ1) is 29.3. The highest BCUT2D eigenvalue weighted by molar-refractivity contribution is 6.20. The number of hydrogen-bond donors (Lipinski definition) is 0. The molecule has 8 aromatic carbocycles. The first-order valence-corrected chi connectivity index (χ1v) is 16.7. The quantitative estimate of drug-likeness (QED) is 0.140. The van der Waals surface area contributed by atoms with E-state index in [-0.39, 0.29) is 0 Å². The second kappa shape index (κ2) is 12.3. The van der Waals surface area contributed by atoms with Gasteiger partial charge in [-0.1, -0.05) is 140 Å². The molecular weight excluding hydrogens is 607 g/mol. The van der Waals surface area contributed by atoms with Gasteiger partial charge in [0.05, 0.1) is 23.0 Å². The maximum Gasteiger partial charge on any atom is 0.160 e. The lowest BCUT2D eigenvalue weighted by molar-refractivity contribution is 1.18. The fourth-order valence-electron chi connectivity index (χ4n) is 7.02. The standard InChI is InChI=1S/C47H29N3/c48-30-31-20-22-32(23-21-31)35-14-8-15-37(26-35)45-29-44(34-11-2-1-3-12-34)49-47(50-45)39-17-9-16-38(27-39)46-41-19-7-5-13-36(41)28-43-40-18-6-4-10-33(40)24-25-42(43)46/h1-29H. The van der Waals surface area contributed by atoms with Crippen molar-refractivity contribution in [2.75, 3.05) is 0 Å². The SMILES string of the molecule is N#Cc1ccc(-c2cccc(-c3cc(-c4ccccc4)nc(-c4cccc(-c5c6ccccc6cc6c5ccc5ccccc56)c4)n3)c2)cc1. The molecule has 0 radical (unpaired) electrons. The predicted molar refractivity (Wildman–Crippen MR) is 206 cm³/mol. The van der Waals surface area contributed by atoms with Gasteiger partial charge in [0.25, 0.3) is 0 Å². The summed E-state index contributed by atoms with van der Waals surface area (Å²) in [5, 5.41) is 16.7. The van der Waals surface area contributed by atoms with Crippen LogP contribution < -0.4 is 0 Å². The molecule has 1 aromatic heterocycles. The fraction of sp³-hybridized carbons (Fsp3) is 0. The Hall–Kier alpha value is -6.89. The van der Waals surface area contributed by atoms with E-state index in [0.717, 1.165) is 44.8 Å². The highest BCUT2D eigenvalue weighted by atomic mass is 14.9. The molecule has 0 aliphatic heterocycles. The molecule has 0 fully saturated rings. The van der Waals surface area contributed by atoms with Crippen LogP contribution in [0.15, 0.2) is 176 Å². The van der Waals surface area contributed by atoms with Crippen LogP contribution in [-0.4, -0.2) is 9.97 Å². The number of aromatic nitrogens is 2. The molecule has 0 spiro atoms. The molecule has 9 rings (SSSR count). The molecule has 1 heterocycles. The normalized spacial score (nSPS) is 11.2. The van der Waals surface area contributed by atoms with E-state index >= 15 is 0 Å². The summed E-state index contributed by atoms with van der Waals surface area (Å²) >= 11 is 0. The van der Waals surface area contributed by atoms with E-state index in [0.29, 0.717) is 11.4 Å². The summed E-state index contributed by atoms with van der Waals surface area (Å²) in [5.41, 5.74) is 9.77. The number of rotatable bonds is 5. The Balaban J connectivity index is 1.23. The third kappa shape index (κ3) is 5.26. The maximum absolute atomic E-state index is 9.28. The molecular formula is C47H29N3. The van der Waals surface area contributed by atoms with Crippen LogP contribution in [0, 0.1) is 11.3 Å². The molecule has 0 aliphatic rings.